The van der Waals surface area contributed by atoms with E-state index in [-0.39, 0.29) is 22.2 Å². The molecule has 1 fully saturated rings. The molecule has 0 spiro atoms. The van der Waals surface area contributed by atoms with Crippen molar-refractivity contribution in [3.8, 4) is 0 Å². The Bertz CT molecular complexity index is 992. The Morgan fingerprint density at radius 3 is 2.77 bits per heavy atom. The number of nitrogens with zero attached hydrogens (tertiary/aromatic N) is 3. The molecule has 0 radical (unpaired) electrons. The number of carboxylic acid groups (broad SMARTS) is 2. The zero-order valence-electron chi connectivity index (χ0n) is 15.9. The van der Waals surface area contributed by atoms with E-state index in [1.807, 2.05) is 6.92 Å². The number of nitrogens with one attached hydrogen (secondary N) is 1. The van der Waals surface area contributed by atoms with Gasteiger partial charge in [-0.25, -0.2) is 14.6 Å². The van der Waals surface area contributed by atoms with E-state index in [9.17, 15) is 24.3 Å². The number of nitrogen functional groups attached to an aromatic ring is 1. The van der Waals surface area contributed by atoms with Crippen LogP contribution in [0.2, 0.25) is 0 Å². The molecule has 12 nitrogen and oxygen atoms in total. The molecule has 2 amide bonds. The summed E-state index contributed by atoms with van der Waals surface area (Å²) in [4.78, 5) is 58.2. The largest absolute Gasteiger partial charge is 0.479 e. The summed E-state index contributed by atoms with van der Waals surface area (Å²) in [6, 6.07) is -0.985. The van der Waals surface area contributed by atoms with Gasteiger partial charge < -0.3 is 26.1 Å². The van der Waals surface area contributed by atoms with Gasteiger partial charge in [0.1, 0.15) is 22.8 Å². The Balaban J connectivity index is 1.78. The minimum absolute atomic E-state index is 0.0538. The lowest BCUT2D eigenvalue weighted by Crippen LogP contribution is -2.71. The third-order valence-electron chi connectivity index (χ3n) is 4.06. The van der Waals surface area contributed by atoms with Crippen LogP contribution >= 0.6 is 34.9 Å². The smallest absolute Gasteiger partial charge is 0.353 e. The lowest BCUT2D eigenvalue weighted by molar-refractivity contribution is -0.150. The van der Waals surface area contributed by atoms with Gasteiger partial charge in [0.2, 0.25) is 6.61 Å². The minimum Gasteiger partial charge on any atom is -0.479 e. The first kappa shape index (κ1) is 22.9. The number of nitrogens with two attached hydrogens (primary N) is 1. The highest BCUT2D eigenvalue weighted by Gasteiger charge is 2.54. The molecule has 166 valence electrons. The summed E-state index contributed by atoms with van der Waals surface area (Å²) in [7, 11) is 0. The van der Waals surface area contributed by atoms with Gasteiger partial charge in [-0.3, -0.25) is 14.5 Å². The number of carbonyl (C=O) groups excluding carboxylic acids is 2. The second kappa shape index (κ2) is 9.57. The third kappa shape index (κ3) is 4.77. The van der Waals surface area contributed by atoms with Gasteiger partial charge in [0.25, 0.3) is 11.8 Å². The zero-order valence-corrected chi connectivity index (χ0v) is 18.4. The maximum Gasteiger partial charge on any atom is 0.353 e. The quantitative estimate of drug-likeness (QED) is 0.208. The Labute approximate surface area is 187 Å². The zero-order chi connectivity index (χ0) is 22.7. The van der Waals surface area contributed by atoms with Crippen molar-refractivity contribution in [2.45, 2.75) is 18.3 Å². The van der Waals surface area contributed by atoms with Crippen LogP contribution in [0.25, 0.3) is 0 Å². The van der Waals surface area contributed by atoms with Crippen LogP contribution in [0.3, 0.4) is 0 Å². The number of fused-ring (bicyclic) bond motifs is 1. The van der Waals surface area contributed by atoms with Crippen molar-refractivity contribution in [2.24, 2.45) is 5.16 Å². The number of aliphatic carboxylic acids is 2. The first-order valence-electron chi connectivity index (χ1n) is 8.72. The van der Waals surface area contributed by atoms with Crippen molar-refractivity contribution in [2.75, 3.05) is 23.8 Å². The molecule has 1 saturated heterocycles. The van der Waals surface area contributed by atoms with Gasteiger partial charge in [-0.1, -0.05) is 12.1 Å². The van der Waals surface area contributed by atoms with E-state index in [1.54, 1.807) is 0 Å². The van der Waals surface area contributed by atoms with E-state index in [4.69, 9.17) is 10.8 Å². The Hall–Kier alpha value is -2.78. The van der Waals surface area contributed by atoms with Crippen LogP contribution in [0.15, 0.2) is 21.1 Å². The summed E-state index contributed by atoms with van der Waals surface area (Å²) in [5.74, 6) is -2.84. The summed E-state index contributed by atoms with van der Waals surface area (Å²) < 4.78 is 0. The first-order valence-corrected chi connectivity index (χ1v) is 11.6. The summed E-state index contributed by atoms with van der Waals surface area (Å²) in [5, 5.41) is 25.3. The minimum atomic E-state index is -1.29. The second-order valence-corrected chi connectivity index (χ2v) is 9.40. The van der Waals surface area contributed by atoms with Crippen LogP contribution in [0, 0.1) is 0 Å². The molecule has 3 rings (SSSR count). The van der Waals surface area contributed by atoms with Gasteiger partial charge >= 0.3 is 11.9 Å². The fourth-order valence-corrected chi connectivity index (χ4v) is 5.79. The Kier molecular flexibility index (Phi) is 7.07. The lowest BCUT2D eigenvalue weighted by Gasteiger charge is -2.49. The topological polar surface area (TPSA) is 185 Å². The predicted molar refractivity (Wildman–Crippen MR) is 114 cm³/mol. The summed E-state index contributed by atoms with van der Waals surface area (Å²) in [6.07, 6.45) is 0. The number of rotatable bonds is 9. The normalized spacial score (nSPS) is 20.7. The van der Waals surface area contributed by atoms with Gasteiger partial charge in [-0.15, -0.1) is 34.9 Å². The molecule has 15 heteroatoms. The number of aromatic nitrogens is 1. The molecule has 1 aromatic heterocycles. The number of thiazole rings is 1. The number of oxime groups is 1. The summed E-state index contributed by atoms with van der Waals surface area (Å²) >= 11 is 3.73. The molecule has 5 N–H and O–H groups in total. The van der Waals surface area contributed by atoms with Crippen LogP contribution in [-0.2, 0) is 24.0 Å². The van der Waals surface area contributed by atoms with Crippen molar-refractivity contribution in [3.63, 3.8) is 0 Å². The Morgan fingerprint density at radius 1 is 1.45 bits per heavy atom. The maximum atomic E-state index is 12.8. The first-order chi connectivity index (χ1) is 14.7. The number of amides is 2. The van der Waals surface area contributed by atoms with Crippen LogP contribution < -0.4 is 11.1 Å². The Morgan fingerprint density at radius 2 is 2.19 bits per heavy atom. The number of anilines is 1. The number of carbonyl (C=O) groups is 4. The van der Waals surface area contributed by atoms with E-state index in [1.165, 1.54) is 28.9 Å². The maximum absolute atomic E-state index is 12.8. The van der Waals surface area contributed by atoms with Gasteiger partial charge in [-0.05, 0) is 5.75 Å². The van der Waals surface area contributed by atoms with Crippen molar-refractivity contribution in [3.05, 3.63) is 21.7 Å². The summed E-state index contributed by atoms with van der Waals surface area (Å²) in [6.45, 7) is 1.10. The van der Waals surface area contributed by atoms with Crippen molar-refractivity contribution in [1.82, 2.24) is 15.2 Å². The predicted octanol–water partition coefficient (Wildman–Crippen LogP) is -0.0202. The monoisotopic (exact) mass is 487 g/mol. The van der Waals surface area contributed by atoms with E-state index < -0.39 is 41.8 Å². The second-order valence-electron chi connectivity index (χ2n) is 6.05. The molecule has 1 unspecified atom stereocenters. The molecular weight excluding hydrogens is 470 g/mol. The highest BCUT2D eigenvalue weighted by Crippen LogP contribution is 2.43. The number of hydrogen-bond donors (Lipinski definition) is 4. The SMILES string of the molecule is CCSC1=C(C(=O)O)N2C(=O)C(NC(=O)C(=NOCC(=O)O)c3csc(N)n3)[C@@H]2SC1. The molecule has 3 heterocycles. The van der Waals surface area contributed by atoms with E-state index in [2.05, 4.69) is 20.3 Å². The molecule has 0 saturated carbocycles. The van der Waals surface area contributed by atoms with Crippen LogP contribution in [0.1, 0.15) is 12.6 Å². The van der Waals surface area contributed by atoms with Crippen molar-refractivity contribution < 1.29 is 34.2 Å². The third-order valence-corrected chi connectivity index (χ3v) is 7.18. The lowest BCUT2D eigenvalue weighted by atomic mass is 10.0. The molecule has 0 bridgehead atoms. The molecule has 2 atom stereocenters. The number of carboxylic acids is 2. The van der Waals surface area contributed by atoms with Crippen molar-refractivity contribution >= 4 is 69.5 Å². The molecule has 1 aromatic rings. The molecule has 31 heavy (non-hydrogen) atoms. The number of thioether (sulfide) groups is 2. The average Bonchev–Trinajstić information content (AvgIpc) is 3.14. The summed E-state index contributed by atoms with van der Waals surface area (Å²) in [5.41, 5.74) is 5.21. The average molecular weight is 488 g/mol. The highest BCUT2D eigenvalue weighted by molar-refractivity contribution is 8.06. The van der Waals surface area contributed by atoms with Crippen molar-refractivity contribution in [1.29, 1.82) is 0 Å². The van der Waals surface area contributed by atoms with E-state index in [0.717, 1.165) is 16.2 Å². The molecule has 0 aliphatic carbocycles. The van der Waals surface area contributed by atoms with E-state index >= 15 is 0 Å². The molecule has 2 aliphatic heterocycles. The number of hydrogen-bond acceptors (Lipinski definition) is 11. The fourth-order valence-electron chi connectivity index (χ4n) is 2.84. The molecule has 2 aliphatic rings. The molecule has 0 aromatic carbocycles. The van der Waals surface area contributed by atoms with E-state index in [0.29, 0.717) is 16.4 Å². The standard InChI is InChI=1S/C16H17N5O7S3/c1-2-29-7-5-30-14-10(13(25)21(14)11(7)15(26)27)19-12(24)9(20-28-3-8(22)23)6-4-31-16(17)18-6/h4,10,14H,2-3,5H2,1H3,(H2,17,18)(H,19,24)(H,22,23)(H,26,27)/t10?,14-/m0/s1. The van der Waals surface area contributed by atoms with Crippen LogP contribution in [0.4, 0.5) is 5.13 Å². The number of β-lactam (4-membered cyclic amide) rings is 1. The molecular formula is C16H17N5O7S3. The fraction of sp³-hybridized carbons (Fsp3) is 0.375. The van der Waals surface area contributed by atoms with Gasteiger partial charge in [-0.2, -0.15) is 0 Å². The highest BCUT2D eigenvalue weighted by atomic mass is 32.2. The van der Waals surface area contributed by atoms with Gasteiger partial charge in [0.15, 0.2) is 10.8 Å². The van der Waals surface area contributed by atoms with Gasteiger partial charge in [0, 0.05) is 16.0 Å². The van der Waals surface area contributed by atoms with Gasteiger partial charge in [0.05, 0.1) is 0 Å². The van der Waals surface area contributed by atoms with Crippen LogP contribution in [-0.4, -0.2) is 79.1 Å². The van der Waals surface area contributed by atoms with Crippen LogP contribution in [0.5, 0.6) is 0 Å².